The van der Waals surface area contributed by atoms with Crippen molar-refractivity contribution in [2.24, 2.45) is 11.1 Å². The second-order valence-electron chi connectivity index (χ2n) is 4.76. The molecule has 0 aliphatic carbocycles. The molecule has 0 fully saturated rings. The molecule has 17 heavy (non-hydrogen) atoms. The Labute approximate surface area is 114 Å². The second-order valence-corrected chi connectivity index (χ2v) is 5.61. The molecule has 1 atom stereocenters. The van der Waals surface area contributed by atoms with Crippen LogP contribution < -0.4 is 5.73 Å². The molecule has 0 saturated heterocycles. The van der Waals surface area contributed by atoms with Crippen LogP contribution in [0.3, 0.4) is 0 Å². The van der Waals surface area contributed by atoms with Gasteiger partial charge in [-0.3, -0.25) is 0 Å². The highest BCUT2D eigenvalue weighted by molar-refractivity contribution is 9.10. The molecule has 0 unspecified atom stereocenters. The predicted molar refractivity (Wildman–Crippen MR) is 69.4 cm³/mol. The van der Waals surface area contributed by atoms with Gasteiger partial charge in [0, 0.05) is 6.04 Å². The van der Waals surface area contributed by atoms with E-state index in [0.29, 0.717) is 0 Å². The van der Waals surface area contributed by atoms with Crippen molar-refractivity contribution in [2.75, 3.05) is 0 Å². The van der Waals surface area contributed by atoms with E-state index in [1.54, 1.807) is 20.8 Å². The van der Waals surface area contributed by atoms with E-state index in [0.717, 1.165) is 6.07 Å². The van der Waals surface area contributed by atoms with Gasteiger partial charge in [0.2, 0.25) is 0 Å². The van der Waals surface area contributed by atoms with E-state index in [2.05, 4.69) is 15.9 Å². The molecule has 0 saturated carbocycles. The fourth-order valence-corrected chi connectivity index (χ4v) is 1.74. The number of phenolic OH excluding ortho intramolecular Hbond substituents is 1. The quantitative estimate of drug-likeness (QED) is 0.767. The van der Waals surface area contributed by atoms with Crippen LogP contribution in [0.15, 0.2) is 10.5 Å². The zero-order valence-electron chi connectivity index (χ0n) is 9.72. The minimum Gasteiger partial charge on any atom is -0.506 e. The molecule has 0 amide bonds. The van der Waals surface area contributed by atoms with E-state index in [1.165, 1.54) is 0 Å². The Morgan fingerprint density at radius 1 is 1.35 bits per heavy atom. The van der Waals surface area contributed by atoms with Crippen molar-refractivity contribution in [1.82, 2.24) is 0 Å². The summed E-state index contributed by atoms with van der Waals surface area (Å²) in [6, 6.07) is 0.0864. The molecule has 98 valence electrons. The van der Waals surface area contributed by atoms with Crippen LogP contribution in [0.1, 0.15) is 32.4 Å². The number of benzene rings is 1. The summed E-state index contributed by atoms with van der Waals surface area (Å²) in [5, 5.41) is 9.70. The Morgan fingerprint density at radius 2 is 1.82 bits per heavy atom. The monoisotopic (exact) mass is 329 g/mol. The summed E-state index contributed by atoms with van der Waals surface area (Å²) in [5.41, 5.74) is 5.15. The van der Waals surface area contributed by atoms with Crippen LogP contribution in [-0.2, 0) is 0 Å². The van der Waals surface area contributed by atoms with E-state index < -0.39 is 23.1 Å². The van der Waals surface area contributed by atoms with Crippen LogP contribution in [0, 0.1) is 17.0 Å². The van der Waals surface area contributed by atoms with Gasteiger partial charge in [-0.2, -0.15) is 0 Å². The lowest BCUT2D eigenvalue weighted by atomic mass is 9.82. The van der Waals surface area contributed by atoms with Crippen LogP contribution in [0.2, 0.25) is 0 Å². The molecule has 0 spiro atoms. The van der Waals surface area contributed by atoms with Gasteiger partial charge in [-0.15, -0.1) is 12.4 Å². The number of hydrogen-bond acceptors (Lipinski definition) is 2. The molecule has 3 N–H and O–H groups in total. The molecular weight excluding hydrogens is 315 g/mol. The van der Waals surface area contributed by atoms with E-state index in [-0.39, 0.29) is 28.2 Å². The Balaban J connectivity index is 0.00000256. The number of rotatable bonds is 1. The zero-order chi connectivity index (χ0) is 12.7. The molecule has 0 heterocycles. The molecule has 0 bridgehead atoms. The third-order valence-corrected chi connectivity index (χ3v) is 3.03. The standard InChI is InChI=1S/C11H14BrF2NO.ClH/c1-11(2,3)10(15)7-8(14)6(13)4-5(12)9(7)16;/h4,10,16H,15H2,1-3H3;1H/t10-;/m1./s1. The zero-order valence-corrected chi connectivity index (χ0v) is 12.1. The Morgan fingerprint density at radius 3 is 2.24 bits per heavy atom. The van der Waals surface area contributed by atoms with Gasteiger partial charge in [0.25, 0.3) is 0 Å². The topological polar surface area (TPSA) is 46.2 Å². The Kier molecular flexibility index (Phi) is 5.38. The number of halogens is 4. The van der Waals surface area contributed by atoms with Crippen molar-refractivity contribution < 1.29 is 13.9 Å². The summed E-state index contributed by atoms with van der Waals surface area (Å²) in [5.74, 6) is -2.47. The number of nitrogens with two attached hydrogens (primary N) is 1. The lowest BCUT2D eigenvalue weighted by Gasteiger charge is -2.28. The first-order valence-corrected chi connectivity index (χ1v) is 5.57. The van der Waals surface area contributed by atoms with Gasteiger partial charge < -0.3 is 10.8 Å². The van der Waals surface area contributed by atoms with Crippen molar-refractivity contribution in [2.45, 2.75) is 26.8 Å². The summed E-state index contributed by atoms with van der Waals surface area (Å²) >= 11 is 2.95. The molecule has 6 heteroatoms. The second kappa shape index (κ2) is 5.50. The van der Waals surface area contributed by atoms with Gasteiger partial charge >= 0.3 is 0 Å². The lowest BCUT2D eigenvalue weighted by molar-refractivity contribution is 0.304. The van der Waals surface area contributed by atoms with E-state index >= 15 is 0 Å². The minimum atomic E-state index is -1.09. The van der Waals surface area contributed by atoms with Crippen molar-refractivity contribution in [3.63, 3.8) is 0 Å². The van der Waals surface area contributed by atoms with Crippen molar-refractivity contribution in [3.8, 4) is 5.75 Å². The first-order chi connectivity index (χ1) is 7.16. The summed E-state index contributed by atoms with van der Waals surface area (Å²) < 4.78 is 26.9. The van der Waals surface area contributed by atoms with Crippen LogP contribution in [0.5, 0.6) is 5.75 Å². The number of hydrogen-bond donors (Lipinski definition) is 2. The average Bonchev–Trinajstić information content (AvgIpc) is 2.13. The van der Waals surface area contributed by atoms with Crippen LogP contribution >= 0.6 is 28.3 Å². The fourth-order valence-electron chi connectivity index (χ4n) is 1.32. The van der Waals surface area contributed by atoms with Gasteiger partial charge in [-0.25, -0.2) is 8.78 Å². The lowest BCUT2D eigenvalue weighted by Crippen LogP contribution is -2.27. The Bertz CT molecular complexity index is 395. The maximum atomic E-state index is 13.6. The molecule has 1 rings (SSSR count). The van der Waals surface area contributed by atoms with Crippen molar-refractivity contribution >= 4 is 28.3 Å². The minimum absolute atomic E-state index is 0. The van der Waals surface area contributed by atoms with E-state index in [4.69, 9.17) is 5.73 Å². The van der Waals surface area contributed by atoms with Gasteiger partial charge in [0.15, 0.2) is 11.6 Å². The van der Waals surface area contributed by atoms with Gasteiger partial charge in [-0.05, 0) is 27.4 Å². The summed E-state index contributed by atoms with van der Waals surface area (Å²) in [4.78, 5) is 0. The maximum absolute atomic E-state index is 13.6. The molecular formula is C11H15BrClF2NO. The molecule has 0 radical (unpaired) electrons. The molecule has 1 aromatic carbocycles. The molecule has 0 aliphatic rings. The highest BCUT2D eigenvalue weighted by Crippen LogP contribution is 2.40. The molecule has 0 aromatic heterocycles. The predicted octanol–water partition coefficient (Wildman–Crippen LogP) is 3.90. The van der Waals surface area contributed by atoms with E-state index in [1.807, 2.05) is 0 Å². The summed E-state index contributed by atoms with van der Waals surface area (Å²) in [6.45, 7) is 5.36. The third kappa shape index (κ3) is 3.30. The van der Waals surface area contributed by atoms with Gasteiger partial charge in [-0.1, -0.05) is 20.8 Å². The van der Waals surface area contributed by atoms with Crippen LogP contribution in [0.25, 0.3) is 0 Å². The largest absolute Gasteiger partial charge is 0.506 e. The normalized spacial score (nSPS) is 13.1. The fraction of sp³-hybridized carbons (Fsp3) is 0.455. The first-order valence-electron chi connectivity index (χ1n) is 4.78. The summed E-state index contributed by atoms with van der Waals surface area (Å²) in [7, 11) is 0. The highest BCUT2D eigenvalue weighted by atomic mass is 79.9. The summed E-state index contributed by atoms with van der Waals surface area (Å²) in [6.07, 6.45) is 0. The van der Waals surface area contributed by atoms with E-state index in [9.17, 15) is 13.9 Å². The molecule has 2 nitrogen and oxygen atoms in total. The first kappa shape index (κ1) is 16.6. The van der Waals surface area contributed by atoms with Crippen LogP contribution in [-0.4, -0.2) is 5.11 Å². The Hall–Kier alpha value is -0.390. The van der Waals surface area contributed by atoms with Gasteiger partial charge in [0.05, 0.1) is 10.0 Å². The molecule has 1 aromatic rings. The maximum Gasteiger partial charge on any atom is 0.167 e. The average molecular weight is 331 g/mol. The molecule has 0 aliphatic heterocycles. The smallest absolute Gasteiger partial charge is 0.167 e. The van der Waals surface area contributed by atoms with Crippen molar-refractivity contribution in [3.05, 3.63) is 27.7 Å². The number of aromatic hydroxyl groups is 1. The van der Waals surface area contributed by atoms with Gasteiger partial charge in [0.1, 0.15) is 5.75 Å². The third-order valence-electron chi connectivity index (χ3n) is 2.42. The number of phenols is 1. The SMILES string of the molecule is CC(C)(C)[C@H](N)c1c(O)c(Br)cc(F)c1F.Cl. The highest BCUT2D eigenvalue weighted by Gasteiger charge is 2.30. The van der Waals surface area contributed by atoms with Crippen LogP contribution in [0.4, 0.5) is 8.78 Å². The van der Waals surface area contributed by atoms with Crippen molar-refractivity contribution in [1.29, 1.82) is 0 Å².